The summed E-state index contributed by atoms with van der Waals surface area (Å²) >= 11 is 1.51. The summed E-state index contributed by atoms with van der Waals surface area (Å²) in [6.45, 7) is 0. The highest BCUT2D eigenvalue weighted by Crippen LogP contribution is 2.30. The van der Waals surface area contributed by atoms with Crippen molar-refractivity contribution in [3.05, 3.63) is 84.0 Å². The average Bonchev–Trinajstić information content (AvgIpc) is 3.50. The van der Waals surface area contributed by atoms with Crippen LogP contribution in [0, 0.1) is 0 Å². The monoisotopic (exact) mass is 496 g/mol. The zero-order valence-corrected chi connectivity index (χ0v) is 20.2. The number of nitrogen functional groups attached to an aromatic ring is 1. The first-order valence-electron chi connectivity index (χ1n) is 11.7. The predicted octanol–water partition coefficient (Wildman–Crippen LogP) is 5.97. The molecule has 0 radical (unpaired) electrons. The van der Waals surface area contributed by atoms with Crippen LogP contribution in [0.3, 0.4) is 0 Å². The smallest absolute Gasteiger partial charge is 0.255 e. The Kier molecular flexibility index (Phi) is 5.74. The van der Waals surface area contributed by atoms with Gasteiger partial charge in [0.25, 0.3) is 5.91 Å². The molecule has 0 saturated heterocycles. The Bertz CT molecular complexity index is 1540. The van der Waals surface area contributed by atoms with Crippen LogP contribution in [0.5, 0.6) is 5.75 Å². The number of nitrogens with two attached hydrogens (primary N) is 1. The molecule has 1 amide bonds. The van der Waals surface area contributed by atoms with Crippen LogP contribution in [-0.4, -0.2) is 26.4 Å². The number of nitrogens with one attached hydrogen (secondary N) is 2. The molecule has 9 heteroatoms. The standard InChI is InChI=1S/C27H24N6O2S/c28-21-6-1-2-7-22(21)31-26(34)17-8-10-18(11-9-17)30-27-32-23(16-36-27)24-15-29-25-14-20(12-13-33(24)25)35-19-4-3-5-19/h1-2,6-16,19H,3-5,28H2,(H,30,32)(H,31,34). The van der Waals surface area contributed by atoms with Gasteiger partial charge >= 0.3 is 0 Å². The normalized spacial score (nSPS) is 13.3. The van der Waals surface area contributed by atoms with Gasteiger partial charge in [0.1, 0.15) is 17.1 Å². The van der Waals surface area contributed by atoms with Crippen molar-refractivity contribution < 1.29 is 9.53 Å². The van der Waals surface area contributed by atoms with Crippen molar-refractivity contribution in [3.63, 3.8) is 0 Å². The second-order valence-corrected chi connectivity index (χ2v) is 9.54. The molecule has 0 atom stereocenters. The number of nitrogens with zero attached hydrogens (tertiary/aromatic N) is 3. The number of para-hydroxylation sites is 2. The van der Waals surface area contributed by atoms with E-state index >= 15 is 0 Å². The maximum absolute atomic E-state index is 12.6. The van der Waals surface area contributed by atoms with E-state index in [2.05, 4.69) is 15.6 Å². The summed E-state index contributed by atoms with van der Waals surface area (Å²) < 4.78 is 8.01. The van der Waals surface area contributed by atoms with E-state index in [-0.39, 0.29) is 5.91 Å². The molecule has 1 aliphatic carbocycles. The van der Waals surface area contributed by atoms with Crippen molar-refractivity contribution in [2.75, 3.05) is 16.4 Å². The number of carbonyl (C=O) groups is 1. The summed E-state index contributed by atoms with van der Waals surface area (Å²) in [5.41, 5.74) is 11.0. The van der Waals surface area contributed by atoms with Crippen molar-refractivity contribution in [1.29, 1.82) is 0 Å². The van der Waals surface area contributed by atoms with E-state index < -0.39 is 0 Å². The second-order valence-electron chi connectivity index (χ2n) is 8.69. The highest BCUT2D eigenvalue weighted by molar-refractivity contribution is 7.14. The molecular formula is C27H24N6O2S. The largest absolute Gasteiger partial charge is 0.490 e. The van der Waals surface area contributed by atoms with Gasteiger partial charge in [-0.25, -0.2) is 9.97 Å². The molecule has 1 aliphatic rings. The number of aromatic nitrogens is 3. The minimum Gasteiger partial charge on any atom is -0.490 e. The fourth-order valence-corrected chi connectivity index (χ4v) is 4.71. The van der Waals surface area contributed by atoms with E-state index in [0.717, 1.165) is 46.4 Å². The van der Waals surface area contributed by atoms with Gasteiger partial charge in [-0.05, 0) is 61.7 Å². The first-order chi connectivity index (χ1) is 17.6. The van der Waals surface area contributed by atoms with Crippen molar-refractivity contribution in [2.45, 2.75) is 25.4 Å². The lowest BCUT2D eigenvalue weighted by molar-refractivity contribution is 0.102. The molecule has 8 nitrogen and oxygen atoms in total. The lowest BCUT2D eigenvalue weighted by atomic mass is 9.96. The van der Waals surface area contributed by atoms with Gasteiger partial charge in [0.15, 0.2) is 5.13 Å². The maximum Gasteiger partial charge on any atom is 0.255 e. The van der Waals surface area contributed by atoms with Crippen LogP contribution in [0.25, 0.3) is 17.0 Å². The summed E-state index contributed by atoms with van der Waals surface area (Å²) in [7, 11) is 0. The Morgan fingerprint density at radius 1 is 1.11 bits per heavy atom. The van der Waals surface area contributed by atoms with Gasteiger partial charge in [-0.1, -0.05) is 12.1 Å². The average molecular weight is 497 g/mol. The maximum atomic E-state index is 12.6. The lowest BCUT2D eigenvalue weighted by Crippen LogP contribution is -2.24. The number of benzene rings is 2. The van der Waals surface area contributed by atoms with Crippen molar-refractivity contribution in [1.82, 2.24) is 14.4 Å². The van der Waals surface area contributed by atoms with E-state index in [1.54, 1.807) is 24.3 Å². The van der Waals surface area contributed by atoms with Gasteiger partial charge in [-0.2, -0.15) is 0 Å². The number of fused-ring (bicyclic) bond motifs is 1. The number of ether oxygens (including phenoxy) is 1. The SMILES string of the molecule is Nc1ccccc1NC(=O)c1ccc(Nc2nc(-c3cnc4cc(OC5CCC5)ccn34)cs2)cc1. The van der Waals surface area contributed by atoms with Gasteiger partial charge < -0.3 is 21.1 Å². The molecule has 1 fully saturated rings. The van der Waals surface area contributed by atoms with Gasteiger partial charge in [-0.3, -0.25) is 9.20 Å². The van der Waals surface area contributed by atoms with Crippen LogP contribution in [0.2, 0.25) is 0 Å². The molecule has 5 aromatic rings. The Balaban J connectivity index is 1.13. The fraction of sp³-hybridized carbons (Fsp3) is 0.148. The molecule has 4 N–H and O–H groups in total. The number of hydrogen-bond donors (Lipinski definition) is 3. The minimum atomic E-state index is -0.218. The number of pyridine rings is 1. The van der Waals surface area contributed by atoms with E-state index in [1.165, 1.54) is 17.8 Å². The van der Waals surface area contributed by atoms with Gasteiger partial charge in [0.05, 0.1) is 29.4 Å². The predicted molar refractivity (Wildman–Crippen MR) is 143 cm³/mol. The third kappa shape index (κ3) is 4.48. The lowest BCUT2D eigenvalue weighted by Gasteiger charge is -2.26. The number of anilines is 4. The van der Waals surface area contributed by atoms with Crippen LogP contribution in [-0.2, 0) is 0 Å². The van der Waals surface area contributed by atoms with E-state index in [0.29, 0.717) is 23.0 Å². The number of rotatable bonds is 7. The Hall–Kier alpha value is -4.37. The van der Waals surface area contributed by atoms with Crippen LogP contribution in [0.1, 0.15) is 29.6 Å². The van der Waals surface area contributed by atoms with Crippen LogP contribution in [0.15, 0.2) is 78.4 Å². The molecule has 36 heavy (non-hydrogen) atoms. The summed E-state index contributed by atoms with van der Waals surface area (Å²) in [6, 6.07) is 18.3. The fourth-order valence-electron chi connectivity index (χ4n) is 3.99. The van der Waals surface area contributed by atoms with Crippen molar-refractivity contribution in [3.8, 4) is 17.1 Å². The van der Waals surface area contributed by atoms with Gasteiger partial charge in [0.2, 0.25) is 0 Å². The molecule has 1 saturated carbocycles. The quantitative estimate of drug-likeness (QED) is 0.240. The molecule has 180 valence electrons. The first kappa shape index (κ1) is 22.1. The highest BCUT2D eigenvalue weighted by Gasteiger charge is 2.19. The zero-order chi connectivity index (χ0) is 24.5. The molecule has 0 aliphatic heterocycles. The number of hydrogen-bond acceptors (Lipinski definition) is 7. The minimum absolute atomic E-state index is 0.218. The number of carbonyl (C=O) groups excluding carboxylic acids is 1. The molecule has 0 unspecified atom stereocenters. The third-order valence-corrected chi connectivity index (χ3v) is 6.97. The summed E-state index contributed by atoms with van der Waals surface area (Å²) in [5, 5.41) is 8.89. The molecule has 0 spiro atoms. The number of imidazole rings is 1. The van der Waals surface area contributed by atoms with Gasteiger partial charge in [0, 0.05) is 28.9 Å². The van der Waals surface area contributed by atoms with Crippen molar-refractivity contribution in [2.24, 2.45) is 0 Å². The molecule has 6 rings (SSSR count). The Morgan fingerprint density at radius 2 is 1.94 bits per heavy atom. The Labute approximate surface area is 211 Å². The number of thiazole rings is 1. The Morgan fingerprint density at radius 3 is 2.72 bits per heavy atom. The molecular weight excluding hydrogens is 472 g/mol. The third-order valence-electron chi connectivity index (χ3n) is 6.21. The van der Waals surface area contributed by atoms with Crippen LogP contribution < -0.4 is 21.1 Å². The molecule has 2 aromatic carbocycles. The number of amides is 1. The molecule has 3 heterocycles. The highest BCUT2D eigenvalue weighted by atomic mass is 32.1. The summed E-state index contributed by atoms with van der Waals surface area (Å²) in [6.07, 6.45) is 7.62. The van der Waals surface area contributed by atoms with E-state index in [1.807, 2.05) is 58.6 Å². The zero-order valence-electron chi connectivity index (χ0n) is 19.3. The topological polar surface area (TPSA) is 107 Å². The van der Waals surface area contributed by atoms with Crippen LogP contribution in [0.4, 0.5) is 22.2 Å². The van der Waals surface area contributed by atoms with Gasteiger partial charge in [-0.15, -0.1) is 11.3 Å². The summed E-state index contributed by atoms with van der Waals surface area (Å²) in [4.78, 5) is 21.8. The second kappa shape index (κ2) is 9.35. The van der Waals surface area contributed by atoms with Crippen LogP contribution >= 0.6 is 11.3 Å². The van der Waals surface area contributed by atoms with E-state index in [4.69, 9.17) is 15.5 Å². The summed E-state index contributed by atoms with van der Waals surface area (Å²) in [5.74, 6) is 0.638. The van der Waals surface area contributed by atoms with Crippen molar-refractivity contribution >= 4 is 45.1 Å². The first-order valence-corrected chi connectivity index (χ1v) is 12.6. The molecule has 3 aromatic heterocycles. The molecule has 0 bridgehead atoms. The van der Waals surface area contributed by atoms with E-state index in [9.17, 15) is 4.79 Å².